The fraction of sp³-hybridized carbons (Fsp3) is 0.409. The first-order chi connectivity index (χ1) is 12.1. The molecule has 1 aliphatic rings. The number of carbonyl (C=O) groups is 1. The van der Waals surface area contributed by atoms with Gasteiger partial charge in [0.05, 0.1) is 0 Å². The van der Waals surface area contributed by atoms with Gasteiger partial charge in [-0.25, -0.2) is 0 Å². The van der Waals surface area contributed by atoms with Crippen molar-refractivity contribution in [2.45, 2.75) is 32.2 Å². The maximum Gasteiger partial charge on any atom is 0.159 e. The molecule has 2 aromatic carbocycles. The second-order valence-electron chi connectivity index (χ2n) is 7.04. The summed E-state index contributed by atoms with van der Waals surface area (Å²) in [7, 11) is 2.25. The number of hydrogen-bond donors (Lipinski definition) is 0. The Bertz CT molecular complexity index is 673. The highest BCUT2D eigenvalue weighted by molar-refractivity contribution is 5.94. The van der Waals surface area contributed by atoms with E-state index in [1.807, 2.05) is 12.1 Å². The average molecular weight is 336 g/mol. The lowest BCUT2D eigenvalue weighted by Crippen LogP contribution is -2.44. The van der Waals surface area contributed by atoms with E-state index in [1.165, 1.54) is 24.1 Å². The Morgan fingerprint density at radius 1 is 1.04 bits per heavy atom. The first kappa shape index (κ1) is 17.7. The standard InChI is InChI=1S/C22H28N2O/c1-18(25)20-8-10-22(11-9-20)24-16-13-21(14-17-24)23(2)15-12-19-6-4-3-5-7-19/h3-11,21H,12-17H2,1-2H3. The maximum absolute atomic E-state index is 11.4. The average Bonchev–Trinajstić information content (AvgIpc) is 2.67. The number of nitrogens with zero attached hydrogens (tertiary/aromatic N) is 2. The fourth-order valence-electron chi connectivity index (χ4n) is 3.60. The molecule has 1 saturated heterocycles. The summed E-state index contributed by atoms with van der Waals surface area (Å²) in [6, 6.07) is 19.4. The minimum atomic E-state index is 0.130. The summed E-state index contributed by atoms with van der Waals surface area (Å²) in [6.07, 6.45) is 3.50. The lowest BCUT2D eigenvalue weighted by molar-refractivity contribution is 0.101. The summed E-state index contributed by atoms with van der Waals surface area (Å²) in [5.41, 5.74) is 3.44. The van der Waals surface area contributed by atoms with Crippen molar-refractivity contribution in [2.24, 2.45) is 0 Å². The monoisotopic (exact) mass is 336 g/mol. The molecule has 0 aliphatic carbocycles. The molecule has 25 heavy (non-hydrogen) atoms. The zero-order chi connectivity index (χ0) is 17.6. The van der Waals surface area contributed by atoms with Gasteiger partial charge in [-0.15, -0.1) is 0 Å². The molecule has 3 rings (SSSR count). The lowest BCUT2D eigenvalue weighted by Gasteiger charge is -2.38. The minimum Gasteiger partial charge on any atom is -0.371 e. The van der Waals surface area contributed by atoms with Gasteiger partial charge in [-0.2, -0.15) is 0 Å². The van der Waals surface area contributed by atoms with Crippen LogP contribution >= 0.6 is 0 Å². The van der Waals surface area contributed by atoms with Gasteiger partial charge >= 0.3 is 0 Å². The third-order valence-electron chi connectivity index (χ3n) is 5.32. The second kappa shape index (κ2) is 8.30. The topological polar surface area (TPSA) is 23.6 Å². The third kappa shape index (κ3) is 4.70. The first-order valence-corrected chi connectivity index (χ1v) is 9.23. The Balaban J connectivity index is 1.48. The van der Waals surface area contributed by atoms with Crippen molar-refractivity contribution in [3.05, 3.63) is 65.7 Å². The molecule has 0 radical (unpaired) electrons. The van der Waals surface area contributed by atoms with Crippen molar-refractivity contribution in [1.82, 2.24) is 4.90 Å². The number of likely N-dealkylation sites (N-methyl/N-ethyl adjacent to an activating group) is 1. The molecule has 1 fully saturated rings. The normalized spacial score (nSPS) is 15.6. The Morgan fingerprint density at radius 3 is 2.28 bits per heavy atom. The van der Waals surface area contributed by atoms with E-state index < -0.39 is 0 Å². The highest BCUT2D eigenvalue weighted by atomic mass is 16.1. The van der Waals surface area contributed by atoms with Gasteiger partial charge in [0, 0.05) is 36.9 Å². The molecule has 1 heterocycles. The molecule has 0 N–H and O–H groups in total. The fourth-order valence-corrected chi connectivity index (χ4v) is 3.60. The number of carbonyl (C=O) groups excluding carboxylic acids is 1. The third-order valence-corrected chi connectivity index (χ3v) is 5.32. The van der Waals surface area contributed by atoms with Crippen LogP contribution in [-0.2, 0) is 6.42 Å². The lowest BCUT2D eigenvalue weighted by atomic mass is 10.0. The van der Waals surface area contributed by atoms with Crippen LogP contribution in [0.3, 0.4) is 0 Å². The van der Waals surface area contributed by atoms with Crippen molar-refractivity contribution in [3.63, 3.8) is 0 Å². The molecule has 0 saturated carbocycles. The van der Waals surface area contributed by atoms with E-state index in [-0.39, 0.29) is 5.78 Å². The number of benzene rings is 2. The SMILES string of the molecule is CC(=O)c1ccc(N2CCC(N(C)CCc3ccccc3)CC2)cc1. The maximum atomic E-state index is 11.4. The van der Waals surface area contributed by atoms with Crippen LogP contribution in [0.2, 0.25) is 0 Å². The zero-order valence-corrected chi connectivity index (χ0v) is 15.3. The molecule has 0 atom stereocenters. The summed E-state index contributed by atoms with van der Waals surface area (Å²) in [5, 5.41) is 0. The molecule has 1 aliphatic heterocycles. The van der Waals surface area contributed by atoms with Gasteiger partial charge in [0.2, 0.25) is 0 Å². The number of Topliss-reactive ketones (excluding diaryl/α,β-unsaturated/α-hetero) is 1. The number of rotatable bonds is 6. The van der Waals surface area contributed by atoms with Crippen LogP contribution in [0, 0.1) is 0 Å². The highest BCUT2D eigenvalue weighted by Gasteiger charge is 2.22. The summed E-state index contributed by atoms with van der Waals surface area (Å²) < 4.78 is 0. The van der Waals surface area contributed by atoms with Crippen molar-refractivity contribution >= 4 is 11.5 Å². The van der Waals surface area contributed by atoms with Crippen molar-refractivity contribution in [1.29, 1.82) is 0 Å². The predicted molar refractivity (Wildman–Crippen MR) is 104 cm³/mol. The molecule has 3 heteroatoms. The highest BCUT2D eigenvalue weighted by Crippen LogP contribution is 2.23. The predicted octanol–water partition coefficient (Wildman–Crippen LogP) is 4.03. The Labute approximate surface area is 151 Å². The van der Waals surface area contributed by atoms with Crippen LogP contribution in [0.5, 0.6) is 0 Å². The summed E-state index contributed by atoms with van der Waals surface area (Å²) in [6.45, 7) is 4.90. The number of ketones is 1. The Morgan fingerprint density at radius 2 is 1.68 bits per heavy atom. The molecule has 2 aromatic rings. The molecular weight excluding hydrogens is 308 g/mol. The molecule has 3 nitrogen and oxygen atoms in total. The van der Waals surface area contributed by atoms with Gasteiger partial charge in [0.1, 0.15) is 0 Å². The van der Waals surface area contributed by atoms with Crippen molar-refractivity contribution in [3.8, 4) is 0 Å². The molecular formula is C22H28N2O. The summed E-state index contributed by atoms with van der Waals surface area (Å²) >= 11 is 0. The van der Waals surface area contributed by atoms with Crippen LogP contribution in [0.1, 0.15) is 35.7 Å². The van der Waals surface area contributed by atoms with Gasteiger partial charge in [-0.05, 0) is 63.1 Å². The molecule has 132 valence electrons. The number of piperidine rings is 1. The molecule has 0 bridgehead atoms. The van der Waals surface area contributed by atoms with E-state index in [1.54, 1.807) is 6.92 Å². The van der Waals surface area contributed by atoms with Crippen LogP contribution in [0.4, 0.5) is 5.69 Å². The van der Waals surface area contributed by atoms with E-state index in [2.05, 4.69) is 59.3 Å². The van der Waals surface area contributed by atoms with Crippen LogP contribution < -0.4 is 4.90 Å². The van der Waals surface area contributed by atoms with Gasteiger partial charge in [-0.3, -0.25) is 4.79 Å². The van der Waals surface area contributed by atoms with Crippen LogP contribution in [-0.4, -0.2) is 43.4 Å². The van der Waals surface area contributed by atoms with Crippen molar-refractivity contribution < 1.29 is 4.79 Å². The van der Waals surface area contributed by atoms with Crippen LogP contribution in [0.15, 0.2) is 54.6 Å². The van der Waals surface area contributed by atoms with E-state index in [9.17, 15) is 4.79 Å². The number of hydrogen-bond acceptors (Lipinski definition) is 3. The summed E-state index contributed by atoms with van der Waals surface area (Å²) in [5.74, 6) is 0.130. The van der Waals surface area contributed by atoms with E-state index >= 15 is 0 Å². The second-order valence-corrected chi connectivity index (χ2v) is 7.04. The molecule has 0 spiro atoms. The molecule has 0 amide bonds. The van der Waals surface area contributed by atoms with Gasteiger partial charge in [-0.1, -0.05) is 30.3 Å². The first-order valence-electron chi connectivity index (χ1n) is 9.23. The van der Waals surface area contributed by atoms with Gasteiger partial charge in [0.15, 0.2) is 5.78 Å². The van der Waals surface area contributed by atoms with Gasteiger partial charge < -0.3 is 9.80 Å². The zero-order valence-electron chi connectivity index (χ0n) is 15.3. The Hall–Kier alpha value is -2.13. The number of anilines is 1. The molecule has 0 unspecified atom stereocenters. The van der Waals surface area contributed by atoms with E-state index in [0.717, 1.165) is 31.6 Å². The van der Waals surface area contributed by atoms with Gasteiger partial charge in [0.25, 0.3) is 0 Å². The van der Waals surface area contributed by atoms with Crippen LogP contribution in [0.25, 0.3) is 0 Å². The van der Waals surface area contributed by atoms with Crippen molar-refractivity contribution in [2.75, 3.05) is 31.6 Å². The minimum absolute atomic E-state index is 0.130. The van der Waals surface area contributed by atoms with E-state index in [4.69, 9.17) is 0 Å². The van der Waals surface area contributed by atoms with E-state index in [0.29, 0.717) is 6.04 Å². The largest absolute Gasteiger partial charge is 0.371 e. The smallest absolute Gasteiger partial charge is 0.159 e. The Kier molecular flexibility index (Phi) is 5.87. The molecule has 0 aromatic heterocycles. The quantitative estimate of drug-likeness (QED) is 0.744. The summed E-state index contributed by atoms with van der Waals surface area (Å²) in [4.78, 5) is 16.3.